The fraction of sp³-hybridized carbons (Fsp3) is 0.116. The van der Waals surface area contributed by atoms with Crippen LogP contribution in [0.3, 0.4) is 0 Å². The van der Waals surface area contributed by atoms with Crippen LogP contribution in [0.2, 0.25) is 0 Å². The van der Waals surface area contributed by atoms with Crippen molar-refractivity contribution in [2.75, 3.05) is 0 Å². The van der Waals surface area contributed by atoms with Crippen LogP contribution in [0.25, 0.3) is 61.0 Å². The Morgan fingerprint density at radius 1 is 0.578 bits per heavy atom. The largest absolute Gasteiger partial charge is 0.322 e. The molecule has 2 aliphatic rings. The summed E-state index contributed by atoms with van der Waals surface area (Å²) in [7, 11) is 0. The average molecular weight is 579 g/mol. The van der Waals surface area contributed by atoms with Crippen molar-refractivity contribution >= 4 is 21.9 Å². The minimum absolute atomic E-state index is 0.00443. The second-order valence-corrected chi connectivity index (χ2v) is 13.0. The Morgan fingerprint density at radius 3 is 1.80 bits per heavy atom. The highest BCUT2D eigenvalue weighted by molar-refractivity contribution is 6.09. The summed E-state index contributed by atoms with van der Waals surface area (Å²) in [5, 5.41) is 2.66. The van der Waals surface area contributed by atoms with Crippen molar-refractivity contribution in [2.24, 2.45) is 0 Å². The summed E-state index contributed by atoms with van der Waals surface area (Å²) in [6.07, 6.45) is 7.94. The molecular formula is C43H34N2. The van der Waals surface area contributed by atoms with Crippen molar-refractivity contribution in [3.63, 3.8) is 0 Å². The lowest BCUT2D eigenvalue weighted by Crippen LogP contribution is -2.17. The first-order valence-electron chi connectivity index (χ1n) is 16.0. The smallest absolute Gasteiger partial charge is 0.126 e. The van der Waals surface area contributed by atoms with Gasteiger partial charge in [-0.3, -0.25) is 4.57 Å². The van der Waals surface area contributed by atoms with Crippen molar-refractivity contribution < 1.29 is 0 Å². The summed E-state index contributed by atoms with van der Waals surface area (Å²) >= 11 is 0. The van der Waals surface area contributed by atoms with E-state index in [2.05, 4.69) is 175 Å². The van der Waals surface area contributed by atoms with Crippen molar-refractivity contribution in [1.29, 1.82) is 0 Å². The quantitative estimate of drug-likeness (QED) is 0.197. The Bertz CT molecular complexity index is 2230. The summed E-state index contributed by atoms with van der Waals surface area (Å²) in [4.78, 5) is 0. The normalized spacial score (nSPS) is 16.6. The third-order valence-electron chi connectivity index (χ3n) is 10.1. The lowest BCUT2D eigenvalue weighted by atomic mass is 9.79. The summed E-state index contributed by atoms with van der Waals surface area (Å²) in [5.41, 5.74) is 14.0. The van der Waals surface area contributed by atoms with Gasteiger partial charge in [0.25, 0.3) is 0 Å². The third-order valence-corrected chi connectivity index (χ3v) is 10.1. The fourth-order valence-corrected chi connectivity index (χ4v) is 7.84. The summed E-state index contributed by atoms with van der Waals surface area (Å²) in [5.74, 6) is 0. The van der Waals surface area contributed by atoms with Gasteiger partial charge < -0.3 is 4.57 Å². The van der Waals surface area contributed by atoms with Crippen LogP contribution in [-0.2, 0) is 5.41 Å². The molecule has 0 saturated carbocycles. The number of aromatic nitrogens is 2. The molecule has 7 aromatic rings. The molecule has 0 radical (unpaired) electrons. The molecule has 0 fully saturated rings. The minimum atomic E-state index is 0.00443. The Morgan fingerprint density at radius 2 is 1.16 bits per heavy atom. The first-order chi connectivity index (χ1) is 22.1. The van der Waals surface area contributed by atoms with Gasteiger partial charge in [0.15, 0.2) is 0 Å². The van der Waals surface area contributed by atoms with E-state index in [4.69, 9.17) is 0 Å². The molecule has 0 N–H and O–H groups in total. The number of hydrogen-bond donors (Lipinski definition) is 0. The number of allylic oxidation sites excluding steroid dienone is 4. The molecule has 45 heavy (non-hydrogen) atoms. The average Bonchev–Trinajstić information content (AvgIpc) is 3.71. The molecular weight excluding hydrogens is 544 g/mol. The number of fused-ring (bicyclic) bond motifs is 7. The van der Waals surface area contributed by atoms with Gasteiger partial charge in [-0.05, 0) is 87.8 Å². The SMILES string of the molecule is CC1(C)C2=CC=CCC2n2c1cc1c3ccccc3n(-c3ccc(-c4cc(-c5ccccc5)cc(-c5ccccc5)c4)cc3)c12. The third kappa shape index (κ3) is 3.95. The van der Waals surface area contributed by atoms with Crippen LogP contribution >= 0.6 is 0 Å². The van der Waals surface area contributed by atoms with Gasteiger partial charge in [-0.15, -0.1) is 0 Å². The number of hydrogen-bond acceptors (Lipinski definition) is 0. The van der Waals surface area contributed by atoms with Gasteiger partial charge in [0.1, 0.15) is 5.65 Å². The highest BCUT2D eigenvalue weighted by Crippen LogP contribution is 2.52. The lowest BCUT2D eigenvalue weighted by molar-refractivity contribution is 0.589. The van der Waals surface area contributed by atoms with E-state index in [1.54, 1.807) is 0 Å². The highest BCUT2D eigenvalue weighted by atomic mass is 15.2. The molecule has 216 valence electrons. The van der Waals surface area contributed by atoms with Gasteiger partial charge in [-0.2, -0.15) is 0 Å². The minimum Gasteiger partial charge on any atom is -0.322 e. The zero-order chi connectivity index (χ0) is 30.1. The van der Waals surface area contributed by atoms with Crippen LogP contribution < -0.4 is 0 Å². The predicted octanol–water partition coefficient (Wildman–Crippen LogP) is 11.3. The zero-order valence-corrected chi connectivity index (χ0v) is 25.6. The van der Waals surface area contributed by atoms with E-state index in [1.165, 1.54) is 72.3 Å². The fourth-order valence-electron chi connectivity index (χ4n) is 7.84. The standard InChI is InChI=1S/C43H34N2/c1-43(2)38-18-10-12-20-40(38)45-41(43)28-37-36-17-9-11-19-39(36)44(42(37)45)35-23-21-31(22-24-35)34-26-32(29-13-5-3-6-14-29)25-33(27-34)30-15-7-4-8-16-30/h3-19,21-28,40H,20H2,1-2H3. The van der Waals surface area contributed by atoms with Crippen molar-refractivity contribution in [1.82, 2.24) is 9.13 Å². The molecule has 0 saturated heterocycles. The van der Waals surface area contributed by atoms with Gasteiger partial charge >= 0.3 is 0 Å². The van der Waals surface area contributed by atoms with Gasteiger partial charge in [-0.25, -0.2) is 0 Å². The molecule has 0 amide bonds. The highest BCUT2D eigenvalue weighted by Gasteiger charge is 2.44. The van der Waals surface area contributed by atoms with E-state index < -0.39 is 0 Å². The maximum atomic E-state index is 2.63. The molecule has 1 atom stereocenters. The molecule has 1 aliphatic carbocycles. The van der Waals surface area contributed by atoms with E-state index in [0.717, 1.165) is 6.42 Å². The monoisotopic (exact) mass is 578 g/mol. The molecule has 0 bridgehead atoms. The first-order valence-corrected chi connectivity index (χ1v) is 16.0. The van der Waals surface area contributed by atoms with Crippen LogP contribution in [0.15, 0.2) is 157 Å². The van der Waals surface area contributed by atoms with Gasteiger partial charge in [0.2, 0.25) is 0 Å². The van der Waals surface area contributed by atoms with Crippen molar-refractivity contribution in [3.05, 3.63) is 163 Å². The second kappa shape index (κ2) is 9.84. The maximum Gasteiger partial charge on any atom is 0.126 e. The van der Waals surface area contributed by atoms with Crippen molar-refractivity contribution in [2.45, 2.75) is 31.7 Å². The number of rotatable bonds is 4. The van der Waals surface area contributed by atoms with Crippen molar-refractivity contribution in [3.8, 4) is 39.1 Å². The van der Waals surface area contributed by atoms with Gasteiger partial charge in [0, 0.05) is 27.6 Å². The molecule has 5 aromatic carbocycles. The number of nitrogens with zero attached hydrogens (tertiary/aromatic N) is 2. The summed E-state index contributed by atoms with van der Waals surface area (Å²) in [6.45, 7) is 4.77. The second-order valence-electron chi connectivity index (χ2n) is 13.0. The van der Waals surface area contributed by atoms with Crippen LogP contribution in [0.4, 0.5) is 0 Å². The number of benzene rings is 5. The van der Waals surface area contributed by atoms with Crippen LogP contribution in [0.1, 0.15) is 32.0 Å². The molecule has 1 unspecified atom stereocenters. The Labute approximate surface area is 264 Å². The Balaban J connectivity index is 1.21. The molecule has 0 spiro atoms. The summed E-state index contributed by atoms with van der Waals surface area (Å²) < 4.78 is 5.12. The Hall–Kier alpha value is -5.34. The summed E-state index contributed by atoms with van der Waals surface area (Å²) in [6, 6.07) is 49.2. The predicted molar refractivity (Wildman–Crippen MR) is 189 cm³/mol. The van der Waals surface area contributed by atoms with Gasteiger partial charge in [-0.1, -0.05) is 123 Å². The van der Waals surface area contributed by atoms with Crippen LogP contribution in [0.5, 0.6) is 0 Å². The lowest BCUT2D eigenvalue weighted by Gasteiger charge is -2.24. The molecule has 1 aliphatic heterocycles. The molecule has 2 heteroatoms. The molecule has 3 heterocycles. The molecule has 2 aromatic heterocycles. The van der Waals surface area contributed by atoms with E-state index in [-0.39, 0.29) is 5.41 Å². The topological polar surface area (TPSA) is 9.86 Å². The van der Waals surface area contributed by atoms with E-state index in [0.29, 0.717) is 6.04 Å². The van der Waals surface area contributed by atoms with E-state index >= 15 is 0 Å². The molecule has 9 rings (SSSR count). The van der Waals surface area contributed by atoms with Crippen LogP contribution in [-0.4, -0.2) is 9.13 Å². The zero-order valence-electron chi connectivity index (χ0n) is 25.6. The van der Waals surface area contributed by atoms with Gasteiger partial charge in [0.05, 0.1) is 11.6 Å². The number of para-hydroxylation sites is 1. The van der Waals surface area contributed by atoms with Crippen LogP contribution in [0, 0.1) is 0 Å². The van der Waals surface area contributed by atoms with E-state index in [9.17, 15) is 0 Å². The van der Waals surface area contributed by atoms with E-state index in [1.807, 2.05) is 0 Å². The molecule has 2 nitrogen and oxygen atoms in total. The first kappa shape index (κ1) is 26.1. The maximum absolute atomic E-state index is 2.63. The Kier molecular flexibility index (Phi) is 5.70.